The molecule has 0 atom stereocenters. The van der Waals surface area contributed by atoms with Crippen molar-refractivity contribution in [1.29, 1.82) is 0 Å². The van der Waals surface area contributed by atoms with Crippen molar-refractivity contribution < 1.29 is 12.9 Å². The van der Waals surface area contributed by atoms with Crippen LogP contribution in [0.15, 0.2) is 51.9 Å². The van der Waals surface area contributed by atoms with Crippen molar-refractivity contribution >= 4 is 15.7 Å². The van der Waals surface area contributed by atoms with Crippen LogP contribution in [0.4, 0.5) is 5.69 Å². The summed E-state index contributed by atoms with van der Waals surface area (Å²) < 4.78 is 33.2. The summed E-state index contributed by atoms with van der Waals surface area (Å²) in [5.41, 5.74) is 9.02. The number of sulfonamides is 1. The van der Waals surface area contributed by atoms with E-state index < -0.39 is 15.6 Å². The minimum Gasteiger partial charge on any atom is -0.334 e. The van der Waals surface area contributed by atoms with Gasteiger partial charge in [0.1, 0.15) is 0 Å². The molecular weight excluding hydrogens is 376 g/mol. The Labute approximate surface area is 164 Å². The lowest BCUT2D eigenvalue weighted by Gasteiger charge is -2.34. The molecule has 7 nitrogen and oxygen atoms in total. The smallest absolute Gasteiger partial charge is 0.261 e. The molecule has 0 aliphatic heterocycles. The summed E-state index contributed by atoms with van der Waals surface area (Å²) in [6, 6.07) is 11.8. The Kier molecular flexibility index (Phi) is 4.47. The van der Waals surface area contributed by atoms with Gasteiger partial charge in [-0.15, -0.1) is 0 Å². The first kappa shape index (κ1) is 18.6. The van der Waals surface area contributed by atoms with Gasteiger partial charge in [-0.3, -0.25) is 4.72 Å². The Morgan fingerprint density at radius 2 is 1.79 bits per heavy atom. The average Bonchev–Trinajstić information content (AvgIpc) is 3.13. The van der Waals surface area contributed by atoms with E-state index in [4.69, 9.17) is 10.3 Å². The zero-order valence-corrected chi connectivity index (χ0v) is 16.6. The summed E-state index contributed by atoms with van der Waals surface area (Å²) in [5.74, 6) is 0.833. The summed E-state index contributed by atoms with van der Waals surface area (Å²) in [5, 5.41) is 3.99. The van der Waals surface area contributed by atoms with Crippen molar-refractivity contribution in [2.75, 3.05) is 4.72 Å². The number of rotatable bonds is 5. The second kappa shape index (κ2) is 6.72. The van der Waals surface area contributed by atoms with Gasteiger partial charge in [0.25, 0.3) is 15.9 Å². The minimum absolute atomic E-state index is 0.156. The van der Waals surface area contributed by atoms with Crippen LogP contribution in [0.5, 0.6) is 0 Å². The first-order valence-electron chi connectivity index (χ1n) is 9.10. The molecule has 0 saturated heterocycles. The van der Waals surface area contributed by atoms with Gasteiger partial charge in [-0.2, -0.15) is 4.98 Å². The number of aryl methyl sites for hydroxylation is 2. The van der Waals surface area contributed by atoms with Crippen LogP contribution in [-0.2, 0) is 15.6 Å². The van der Waals surface area contributed by atoms with Gasteiger partial charge in [0.2, 0.25) is 0 Å². The first-order chi connectivity index (χ1) is 13.3. The Hall–Kier alpha value is -2.71. The van der Waals surface area contributed by atoms with Crippen LogP contribution in [0.25, 0.3) is 11.5 Å². The van der Waals surface area contributed by atoms with Crippen molar-refractivity contribution in [3.8, 4) is 11.5 Å². The van der Waals surface area contributed by atoms with E-state index in [1.165, 1.54) is 12.1 Å². The highest BCUT2D eigenvalue weighted by Gasteiger charge is 2.39. The zero-order valence-electron chi connectivity index (χ0n) is 15.8. The molecule has 1 aliphatic carbocycles. The molecule has 2 aromatic carbocycles. The lowest BCUT2D eigenvalue weighted by molar-refractivity contribution is 0.229. The largest absolute Gasteiger partial charge is 0.334 e. The first-order valence-corrected chi connectivity index (χ1v) is 10.6. The Morgan fingerprint density at radius 1 is 1.07 bits per heavy atom. The molecule has 0 unspecified atom stereocenters. The summed E-state index contributed by atoms with van der Waals surface area (Å²) >= 11 is 0. The molecular formula is C20H22N4O3S. The monoisotopic (exact) mass is 398 g/mol. The fourth-order valence-electron chi connectivity index (χ4n) is 3.12. The van der Waals surface area contributed by atoms with Crippen molar-refractivity contribution in [3.05, 3.63) is 59.4 Å². The molecule has 1 heterocycles. The Balaban J connectivity index is 1.54. The maximum absolute atomic E-state index is 12.6. The number of aromatic nitrogens is 2. The molecule has 3 aromatic rings. The average molecular weight is 398 g/mol. The molecule has 4 rings (SSSR count). The van der Waals surface area contributed by atoms with E-state index in [0.29, 0.717) is 23.0 Å². The Bertz CT molecular complexity index is 1120. The fraction of sp³-hybridized carbons (Fsp3) is 0.300. The van der Waals surface area contributed by atoms with E-state index in [1.54, 1.807) is 18.2 Å². The van der Waals surface area contributed by atoms with E-state index >= 15 is 0 Å². The van der Waals surface area contributed by atoms with E-state index in [-0.39, 0.29) is 4.90 Å². The number of hydrogen-bond acceptors (Lipinski definition) is 6. The molecule has 146 valence electrons. The van der Waals surface area contributed by atoms with Gasteiger partial charge in [-0.1, -0.05) is 11.2 Å². The molecule has 1 fully saturated rings. The van der Waals surface area contributed by atoms with Crippen molar-refractivity contribution in [3.63, 3.8) is 0 Å². The maximum Gasteiger partial charge on any atom is 0.261 e. The second-order valence-electron chi connectivity index (χ2n) is 7.36. The van der Waals surface area contributed by atoms with Crippen LogP contribution >= 0.6 is 0 Å². The van der Waals surface area contributed by atoms with Crippen molar-refractivity contribution in [2.45, 2.75) is 43.5 Å². The molecule has 0 amide bonds. The third-order valence-corrected chi connectivity index (χ3v) is 6.69. The number of nitrogens with two attached hydrogens (primary N) is 1. The number of hydrogen-bond donors (Lipinski definition) is 2. The van der Waals surface area contributed by atoms with Crippen LogP contribution in [0.3, 0.4) is 0 Å². The SMILES string of the molecule is Cc1ccc(NS(=O)(=O)c2ccc(-c3nc(C4(N)CCC4)no3)cc2)cc1C. The molecule has 3 N–H and O–H groups in total. The quantitative estimate of drug-likeness (QED) is 0.680. The molecule has 0 radical (unpaired) electrons. The van der Waals surface area contributed by atoms with Gasteiger partial charge >= 0.3 is 0 Å². The van der Waals surface area contributed by atoms with Crippen LogP contribution < -0.4 is 10.5 Å². The van der Waals surface area contributed by atoms with E-state index in [1.807, 2.05) is 26.0 Å². The highest BCUT2D eigenvalue weighted by atomic mass is 32.2. The van der Waals surface area contributed by atoms with Gasteiger partial charge in [-0.05, 0) is 80.6 Å². The summed E-state index contributed by atoms with van der Waals surface area (Å²) in [7, 11) is -3.69. The van der Waals surface area contributed by atoms with Crippen LogP contribution in [0, 0.1) is 13.8 Å². The highest BCUT2D eigenvalue weighted by molar-refractivity contribution is 7.92. The van der Waals surface area contributed by atoms with Gasteiger partial charge in [0.05, 0.1) is 10.4 Å². The fourth-order valence-corrected chi connectivity index (χ4v) is 4.17. The lowest BCUT2D eigenvalue weighted by atomic mass is 9.77. The number of benzene rings is 2. The number of nitrogens with one attached hydrogen (secondary N) is 1. The Morgan fingerprint density at radius 3 is 2.39 bits per heavy atom. The van der Waals surface area contributed by atoms with Crippen molar-refractivity contribution in [1.82, 2.24) is 10.1 Å². The van der Waals surface area contributed by atoms with Gasteiger partial charge in [0.15, 0.2) is 5.82 Å². The van der Waals surface area contributed by atoms with Crippen LogP contribution in [0.1, 0.15) is 36.2 Å². The standard InChI is InChI=1S/C20H22N4O3S/c1-13-4-7-16(12-14(13)2)24-28(25,26)17-8-5-15(6-9-17)18-22-19(23-27-18)20(21)10-3-11-20/h4-9,12,24H,3,10-11,21H2,1-2H3. The molecule has 1 aromatic heterocycles. The number of nitrogens with zero attached hydrogens (tertiary/aromatic N) is 2. The molecule has 1 aliphatic rings. The normalized spacial score (nSPS) is 15.8. The molecule has 8 heteroatoms. The van der Waals surface area contributed by atoms with E-state index in [2.05, 4.69) is 14.9 Å². The molecule has 0 bridgehead atoms. The summed E-state index contributed by atoms with van der Waals surface area (Å²) in [4.78, 5) is 4.54. The zero-order chi connectivity index (χ0) is 19.9. The maximum atomic E-state index is 12.6. The topological polar surface area (TPSA) is 111 Å². The molecule has 1 saturated carbocycles. The van der Waals surface area contributed by atoms with Gasteiger partial charge in [0, 0.05) is 11.3 Å². The van der Waals surface area contributed by atoms with Crippen LogP contribution in [-0.4, -0.2) is 18.6 Å². The minimum atomic E-state index is -3.69. The second-order valence-corrected chi connectivity index (χ2v) is 9.04. The van der Waals surface area contributed by atoms with E-state index in [9.17, 15) is 8.42 Å². The van der Waals surface area contributed by atoms with E-state index in [0.717, 1.165) is 30.4 Å². The summed E-state index contributed by atoms with van der Waals surface area (Å²) in [6.45, 7) is 3.92. The highest BCUT2D eigenvalue weighted by Crippen LogP contribution is 2.37. The predicted octanol–water partition coefficient (Wildman–Crippen LogP) is 3.49. The lowest BCUT2D eigenvalue weighted by Crippen LogP contribution is -2.44. The predicted molar refractivity (Wildman–Crippen MR) is 106 cm³/mol. The molecule has 0 spiro atoms. The van der Waals surface area contributed by atoms with Gasteiger partial charge in [-0.25, -0.2) is 8.42 Å². The van der Waals surface area contributed by atoms with Gasteiger partial charge < -0.3 is 10.3 Å². The third-order valence-electron chi connectivity index (χ3n) is 5.29. The van der Waals surface area contributed by atoms with Crippen molar-refractivity contribution in [2.24, 2.45) is 5.73 Å². The summed E-state index contributed by atoms with van der Waals surface area (Å²) in [6.07, 6.45) is 2.74. The molecule has 28 heavy (non-hydrogen) atoms. The number of anilines is 1. The van der Waals surface area contributed by atoms with Crippen LogP contribution in [0.2, 0.25) is 0 Å². The third kappa shape index (κ3) is 3.41.